The first-order chi connectivity index (χ1) is 13.1. The number of fused-ring (bicyclic) bond motifs is 1. The summed E-state index contributed by atoms with van der Waals surface area (Å²) in [6.07, 6.45) is 4.75. The second-order valence-corrected chi connectivity index (χ2v) is 9.58. The maximum Gasteiger partial charge on any atom is 0.264 e. The first kappa shape index (κ1) is 20.2. The van der Waals surface area contributed by atoms with Gasteiger partial charge >= 0.3 is 0 Å². The van der Waals surface area contributed by atoms with Crippen molar-refractivity contribution in [2.75, 3.05) is 31.8 Å². The summed E-state index contributed by atoms with van der Waals surface area (Å²) in [6, 6.07) is 5.49. The van der Waals surface area contributed by atoms with Gasteiger partial charge < -0.3 is 10.2 Å². The molecular weight excluding hydrogens is 408 g/mol. The van der Waals surface area contributed by atoms with E-state index in [0.29, 0.717) is 5.69 Å². The van der Waals surface area contributed by atoms with E-state index in [1.165, 1.54) is 44.5 Å². The molecule has 0 spiro atoms. The third-order valence-corrected chi connectivity index (χ3v) is 6.95. The van der Waals surface area contributed by atoms with Crippen molar-refractivity contribution < 1.29 is 26.5 Å². The Morgan fingerprint density at radius 3 is 2.61 bits per heavy atom. The van der Waals surface area contributed by atoms with Crippen molar-refractivity contribution in [2.45, 2.75) is 4.90 Å². The second kappa shape index (κ2) is 7.47. The van der Waals surface area contributed by atoms with Crippen LogP contribution in [0.3, 0.4) is 0 Å². The zero-order valence-electron chi connectivity index (χ0n) is 15.1. The molecule has 2 heterocycles. The monoisotopic (exact) mass is 426 g/mol. The van der Waals surface area contributed by atoms with Gasteiger partial charge in [-0.1, -0.05) is 4.47 Å². The predicted octanol–water partition coefficient (Wildman–Crippen LogP) is 0.305. The Hall–Kier alpha value is -2.54. The van der Waals surface area contributed by atoms with Crippen molar-refractivity contribution in [3.05, 3.63) is 48.2 Å². The lowest BCUT2D eigenvalue weighted by Crippen LogP contribution is -2.40. The number of hydrogen-bond donors (Lipinski definition) is 1. The van der Waals surface area contributed by atoms with Crippen LogP contribution in [0.15, 0.2) is 57.5 Å². The van der Waals surface area contributed by atoms with Gasteiger partial charge in [0.05, 0.1) is 23.3 Å². The van der Waals surface area contributed by atoms with E-state index in [-0.39, 0.29) is 28.6 Å². The van der Waals surface area contributed by atoms with Crippen molar-refractivity contribution >= 4 is 37.5 Å². The molecule has 1 aromatic carbocycles. The molecule has 0 atom stereocenters. The van der Waals surface area contributed by atoms with E-state index in [4.69, 9.17) is 4.84 Å². The molecule has 0 aliphatic carbocycles. The molecule has 1 aromatic rings. The maximum absolute atomic E-state index is 12.6. The molecule has 0 saturated carbocycles. The van der Waals surface area contributed by atoms with Crippen LogP contribution in [0.25, 0.3) is 0 Å². The third-order valence-electron chi connectivity index (χ3n) is 4.11. The van der Waals surface area contributed by atoms with Crippen LogP contribution >= 0.6 is 0 Å². The number of nitrogens with one attached hydrogen (secondary N) is 1. The minimum Gasteiger partial charge on any atom is -0.331 e. The summed E-state index contributed by atoms with van der Waals surface area (Å²) in [6.45, 7) is 0.210. The summed E-state index contributed by atoms with van der Waals surface area (Å²) < 4.78 is 52.3. The van der Waals surface area contributed by atoms with Gasteiger partial charge in [0, 0.05) is 25.5 Å². The highest BCUT2D eigenvalue weighted by Gasteiger charge is 2.30. The van der Waals surface area contributed by atoms with E-state index in [9.17, 15) is 21.6 Å². The Labute approximate surface area is 162 Å². The summed E-state index contributed by atoms with van der Waals surface area (Å²) >= 11 is 0. The summed E-state index contributed by atoms with van der Waals surface area (Å²) in [5.41, 5.74) is 0.437. The second-order valence-electron chi connectivity index (χ2n) is 5.89. The number of carbonyl (C=O) groups excluding carboxylic acids is 1. The molecule has 0 unspecified atom stereocenters. The number of sulfonamides is 2. The average molecular weight is 426 g/mol. The van der Waals surface area contributed by atoms with Gasteiger partial charge in [-0.25, -0.2) is 16.8 Å². The number of carbonyl (C=O) groups is 1. The zero-order valence-corrected chi connectivity index (χ0v) is 16.7. The van der Waals surface area contributed by atoms with Gasteiger partial charge in [-0.2, -0.15) is 0 Å². The molecule has 2 aliphatic rings. The summed E-state index contributed by atoms with van der Waals surface area (Å²) in [5.74, 6) is -0.622. The highest BCUT2D eigenvalue weighted by molar-refractivity contribution is 7.90. The number of allylic oxidation sites excluding steroid dienone is 2. The molecular formula is C16H18N4O6S2. The van der Waals surface area contributed by atoms with Crippen LogP contribution in [0.2, 0.25) is 0 Å². The standard InChI is InChI=1S/C16H18N4O6S2/c1-19(26-2)28(24,25)13-7-5-12(6-8-13)17-16(21)14-4-3-9-20-10-11-27(22,23)18-15(14)20/h3-9H,10-11H2,1-2H3,(H,17,21). The molecule has 10 nitrogen and oxygen atoms in total. The lowest BCUT2D eigenvalue weighted by Gasteiger charge is -2.28. The summed E-state index contributed by atoms with van der Waals surface area (Å²) in [5, 5.41) is 2.61. The van der Waals surface area contributed by atoms with E-state index in [1.807, 2.05) is 0 Å². The predicted molar refractivity (Wildman–Crippen MR) is 102 cm³/mol. The van der Waals surface area contributed by atoms with Gasteiger partial charge in [-0.15, -0.1) is 4.40 Å². The normalized spacial score (nSPS) is 18.3. The van der Waals surface area contributed by atoms with Crippen LogP contribution in [0, 0.1) is 0 Å². The minimum absolute atomic E-state index is 0.0106. The molecule has 150 valence electrons. The lowest BCUT2D eigenvalue weighted by molar-refractivity contribution is -0.112. The minimum atomic E-state index is -3.80. The van der Waals surface area contributed by atoms with Crippen LogP contribution in [-0.2, 0) is 29.7 Å². The number of nitrogens with zero attached hydrogens (tertiary/aromatic N) is 3. The fourth-order valence-electron chi connectivity index (χ4n) is 2.55. The highest BCUT2D eigenvalue weighted by Crippen LogP contribution is 2.21. The Morgan fingerprint density at radius 1 is 1.29 bits per heavy atom. The summed E-state index contributed by atoms with van der Waals surface area (Å²) in [7, 11) is -4.92. The molecule has 1 amide bonds. The molecule has 28 heavy (non-hydrogen) atoms. The van der Waals surface area contributed by atoms with Gasteiger partial charge in [0.1, 0.15) is 0 Å². The SMILES string of the molecule is CON(C)S(=O)(=O)c1ccc(NC(=O)C2=CC=CN3CCS(=O)(=O)N=C23)cc1. The largest absolute Gasteiger partial charge is 0.331 e. The zero-order chi connectivity index (χ0) is 20.5. The van der Waals surface area contributed by atoms with Crippen molar-refractivity contribution in [3.63, 3.8) is 0 Å². The number of hydrogen-bond acceptors (Lipinski definition) is 7. The molecule has 0 bridgehead atoms. The molecule has 0 aromatic heterocycles. The van der Waals surface area contributed by atoms with Gasteiger partial charge in [-0.3, -0.25) is 9.63 Å². The maximum atomic E-state index is 12.6. The average Bonchev–Trinajstić information content (AvgIpc) is 2.66. The molecule has 1 N–H and O–H groups in total. The molecule has 0 fully saturated rings. The third kappa shape index (κ3) is 3.99. The highest BCUT2D eigenvalue weighted by atomic mass is 32.2. The lowest BCUT2D eigenvalue weighted by atomic mass is 10.1. The van der Waals surface area contributed by atoms with Crippen LogP contribution in [-0.4, -0.2) is 64.4 Å². The Bertz CT molecular complexity index is 1090. The Balaban J connectivity index is 1.81. The van der Waals surface area contributed by atoms with Gasteiger partial charge in [0.2, 0.25) is 0 Å². The number of amidine groups is 1. The number of amides is 1. The number of anilines is 1. The van der Waals surface area contributed by atoms with E-state index >= 15 is 0 Å². The fraction of sp³-hybridized carbons (Fsp3) is 0.250. The first-order valence-corrected chi connectivity index (χ1v) is 11.1. The Morgan fingerprint density at radius 2 is 1.96 bits per heavy atom. The van der Waals surface area contributed by atoms with Gasteiger partial charge in [0.15, 0.2) is 5.84 Å². The molecule has 3 rings (SSSR count). The number of benzene rings is 1. The van der Waals surface area contributed by atoms with Crippen LogP contribution < -0.4 is 5.32 Å². The molecule has 0 radical (unpaired) electrons. The number of hydroxylamine groups is 1. The van der Waals surface area contributed by atoms with Crippen LogP contribution in [0.5, 0.6) is 0 Å². The fourth-order valence-corrected chi connectivity index (χ4v) is 4.51. The molecule has 12 heteroatoms. The quantitative estimate of drug-likeness (QED) is 0.672. The van der Waals surface area contributed by atoms with Crippen LogP contribution in [0.4, 0.5) is 5.69 Å². The summed E-state index contributed by atoms with van der Waals surface area (Å²) in [4.78, 5) is 18.9. The van der Waals surface area contributed by atoms with E-state index in [2.05, 4.69) is 9.71 Å². The Kier molecular flexibility index (Phi) is 5.39. The number of rotatable bonds is 5. The molecule has 0 saturated heterocycles. The smallest absolute Gasteiger partial charge is 0.264 e. The van der Waals surface area contributed by atoms with Gasteiger partial charge in [-0.05, 0) is 36.4 Å². The van der Waals surface area contributed by atoms with Crippen LogP contribution in [0.1, 0.15) is 0 Å². The van der Waals surface area contributed by atoms with E-state index in [1.54, 1.807) is 17.2 Å². The molecule has 2 aliphatic heterocycles. The van der Waals surface area contributed by atoms with Crippen molar-refractivity contribution in [1.82, 2.24) is 9.37 Å². The van der Waals surface area contributed by atoms with E-state index in [0.717, 1.165) is 4.47 Å². The van der Waals surface area contributed by atoms with Crippen molar-refractivity contribution in [1.29, 1.82) is 0 Å². The van der Waals surface area contributed by atoms with Crippen molar-refractivity contribution in [2.24, 2.45) is 4.40 Å². The van der Waals surface area contributed by atoms with Gasteiger partial charge in [0.25, 0.3) is 26.0 Å². The first-order valence-electron chi connectivity index (χ1n) is 8.07. The topological polar surface area (TPSA) is 125 Å². The van der Waals surface area contributed by atoms with Crippen molar-refractivity contribution in [3.8, 4) is 0 Å². The van der Waals surface area contributed by atoms with E-state index < -0.39 is 26.0 Å².